The number of hydrogen-bond donors (Lipinski definition) is 0. The van der Waals surface area contributed by atoms with Crippen LogP contribution in [0.5, 0.6) is 0 Å². The smallest absolute Gasteiger partial charge is 0.118 e. The van der Waals surface area contributed by atoms with Gasteiger partial charge in [-0.15, -0.1) is 0 Å². The maximum Gasteiger partial charge on any atom is 0.118 e. The van der Waals surface area contributed by atoms with E-state index in [4.69, 9.17) is 0 Å². The highest BCUT2D eigenvalue weighted by Gasteiger charge is 2.14. The lowest BCUT2D eigenvalue weighted by atomic mass is 9.84. The molecule has 0 N–H and O–H groups in total. The molecule has 1 aliphatic rings. The largest absolute Gasteiger partial charge is 0.207 e. The molecule has 0 unspecified atom stereocenters. The summed E-state index contributed by atoms with van der Waals surface area (Å²) in [4.78, 5) is 0. The average Bonchev–Trinajstić information content (AvgIpc) is 2.48. The van der Waals surface area contributed by atoms with Gasteiger partial charge in [-0.2, -0.15) is 0 Å². The van der Waals surface area contributed by atoms with E-state index in [1.54, 1.807) is 6.92 Å². The fraction of sp³-hybridized carbons (Fsp3) is 0.444. The van der Waals surface area contributed by atoms with Crippen LogP contribution >= 0.6 is 0 Å². The van der Waals surface area contributed by atoms with E-state index in [1.807, 2.05) is 6.08 Å². The molecule has 1 saturated carbocycles. The Balaban J connectivity index is 1.92. The van der Waals surface area contributed by atoms with E-state index in [0.29, 0.717) is 0 Å². The van der Waals surface area contributed by atoms with Crippen LogP contribution in [-0.2, 0) is 6.42 Å². The summed E-state index contributed by atoms with van der Waals surface area (Å²) < 4.78 is 12.9. The van der Waals surface area contributed by atoms with Crippen molar-refractivity contribution in [3.63, 3.8) is 0 Å². The van der Waals surface area contributed by atoms with Crippen molar-refractivity contribution in [1.29, 1.82) is 0 Å². The SMILES string of the molecule is C/C=C(F)\C=C/Cc1ccc(C2CCCCC2)cc1. The minimum atomic E-state index is -0.168. The first-order valence-electron chi connectivity index (χ1n) is 7.37. The van der Waals surface area contributed by atoms with Crippen molar-refractivity contribution in [2.45, 2.75) is 51.4 Å². The Hall–Kier alpha value is -1.37. The minimum absolute atomic E-state index is 0.168. The minimum Gasteiger partial charge on any atom is -0.207 e. The molecule has 2 rings (SSSR count). The molecule has 19 heavy (non-hydrogen) atoms. The first-order valence-corrected chi connectivity index (χ1v) is 7.37. The molecule has 0 heterocycles. The van der Waals surface area contributed by atoms with E-state index in [9.17, 15) is 4.39 Å². The van der Waals surface area contributed by atoms with Crippen molar-refractivity contribution in [3.05, 3.63) is 59.4 Å². The Kier molecular flexibility index (Phi) is 5.38. The fourth-order valence-electron chi connectivity index (χ4n) is 2.77. The van der Waals surface area contributed by atoms with Crippen LogP contribution < -0.4 is 0 Å². The van der Waals surface area contributed by atoms with E-state index in [2.05, 4.69) is 24.3 Å². The van der Waals surface area contributed by atoms with Crippen LogP contribution in [0.2, 0.25) is 0 Å². The zero-order chi connectivity index (χ0) is 13.5. The van der Waals surface area contributed by atoms with Crippen molar-refractivity contribution < 1.29 is 4.39 Å². The molecule has 0 aromatic heterocycles. The van der Waals surface area contributed by atoms with Crippen LogP contribution in [0.3, 0.4) is 0 Å². The van der Waals surface area contributed by atoms with Gasteiger partial charge in [0.2, 0.25) is 0 Å². The predicted octanol–water partition coefficient (Wildman–Crippen LogP) is 5.71. The molecule has 0 amide bonds. The topological polar surface area (TPSA) is 0 Å². The summed E-state index contributed by atoms with van der Waals surface area (Å²) in [5, 5.41) is 0. The summed E-state index contributed by atoms with van der Waals surface area (Å²) in [5.74, 6) is 0.595. The number of hydrogen-bond acceptors (Lipinski definition) is 0. The number of benzene rings is 1. The Morgan fingerprint density at radius 3 is 2.47 bits per heavy atom. The molecule has 102 valence electrons. The number of allylic oxidation sites excluding steroid dienone is 4. The third kappa shape index (κ3) is 4.34. The lowest BCUT2D eigenvalue weighted by Gasteiger charge is -2.22. The molecule has 0 nitrogen and oxygen atoms in total. The highest BCUT2D eigenvalue weighted by Crippen LogP contribution is 2.32. The van der Waals surface area contributed by atoms with E-state index in [0.717, 1.165) is 12.3 Å². The van der Waals surface area contributed by atoms with Gasteiger partial charge in [-0.3, -0.25) is 0 Å². The second-order valence-corrected chi connectivity index (χ2v) is 5.36. The summed E-state index contributed by atoms with van der Waals surface area (Å²) in [6.45, 7) is 1.71. The average molecular weight is 258 g/mol. The maximum absolute atomic E-state index is 12.9. The van der Waals surface area contributed by atoms with Crippen LogP contribution in [0.25, 0.3) is 0 Å². The second kappa shape index (κ2) is 7.28. The first kappa shape index (κ1) is 14.0. The molecule has 1 aliphatic carbocycles. The van der Waals surface area contributed by atoms with Gasteiger partial charge >= 0.3 is 0 Å². The van der Waals surface area contributed by atoms with Crippen molar-refractivity contribution >= 4 is 0 Å². The van der Waals surface area contributed by atoms with Gasteiger partial charge in [0.05, 0.1) is 0 Å². The van der Waals surface area contributed by atoms with Crippen LogP contribution in [0.1, 0.15) is 56.1 Å². The summed E-state index contributed by atoms with van der Waals surface area (Å²) in [6.07, 6.45) is 12.5. The molecule has 0 bridgehead atoms. The quantitative estimate of drug-likeness (QED) is 0.607. The van der Waals surface area contributed by atoms with Gasteiger partial charge in [-0.1, -0.05) is 55.7 Å². The second-order valence-electron chi connectivity index (χ2n) is 5.36. The molecule has 0 atom stereocenters. The molecule has 1 aromatic carbocycles. The Morgan fingerprint density at radius 2 is 1.84 bits per heavy atom. The molecular formula is C18H23F. The molecule has 1 fully saturated rings. The summed E-state index contributed by atoms with van der Waals surface area (Å²) in [6, 6.07) is 8.88. The molecule has 0 aliphatic heterocycles. The first-order chi connectivity index (χ1) is 9.29. The van der Waals surface area contributed by atoms with E-state index in [-0.39, 0.29) is 5.83 Å². The van der Waals surface area contributed by atoms with Crippen molar-refractivity contribution in [2.24, 2.45) is 0 Å². The zero-order valence-electron chi connectivity index (χ0n) is 11.7. The van der Waals surface area contributed by atoms with Gasteiger partial charge in [-0.05, 0) is 49.3 Å². The van der Waals surface area contributed by atoms with Gasteiger partial charge in [0, 0.05) is 0 Å². The van der Waals surface area contributed by atoms with E-state index in [1.165, 1.54) is 55.4 Å². The van der Waals surface area contributed by atoms with Gasteiger partial charge in [0.25, 0.3) is 0 Å². The van der Waals surface area contributed by atoms with Gasteiger partial charge in [-0.25, -0.2) is 4.39 Å². The Morgan fingerprint density at radius 1 is 1.16 bits per heavy atom. The molecule has 0 spiro atoms. The monoisotopic (exact) mass is 258 g/mol. The Labute approximate surface area is 116 Å². The molecular weight excluding hydrogens is 235 g/mol. The molecule has 0 radical (unpaired) electrons. The van der Waals surface area contributed by atoms with Crippen LogP contribution in [0.4, 0.5) is 4.39 Å². The fourth-order valence-corrected chi connectivity index (χ4v) is 2.77. The number of halogens is 1. The van der Waals surface area contributed by atoms with Gasteiger partial charge in [0.1, 0.15) is 5.83 Å². The third-order valence-electron chi connectivity index (χ3n) is 3.96. The summed E-state index contributed by atoms with van der Waals surface area (Å²) in [5.41, 5.74) is 2.73. The lowest BCUT2D eigenvalue weighted by Crippen LogP contribution is -2.04. The zero-order valence-corrected chi connectivity index (χ0v) is 11.7. The van der Waals surface area contributed by atoms with Crippen LogP contribution in [0, 0.1) is 0 Å². The predicted molar refractivity (Wildman–Crippen MR) is 80.0 cm³/mol. The van der Waals surface area contributed by atoms with Gasteiger partial charge in [0.15, 0.2) is 0 Å². The van der Waals surface area contributed by atoms with Crippen LogP contribution in [0.15, 0.2) is 48.3 Å². The Bertz CT molecular complexity index is 433. The summed E-state index contributed by atoms with van der Waals surface area (Å²) >= 11 is 0. The van der Waals surface area contributed by atoms with E-state index >= 15 is 0 Å². The normalized spacial score (nSPS) is 18.1. The highest BCUT2D eigenvalue weighted by molar-refractivity contribution is 5.27. The maximum atomic E-state index is 12.9. The van der Waals surface area contributed by atoms with Gasteiger partial charge < -0.3 is 0 Å². The molecule has 1 aromatic rings. The summed E-state index contributed by atoms with van der Waals surface area (Å²) in [7, 11) is 0. The standard InChI is InChI=1S/C18H23F/c1-2-18(19)10-6-7-15-11-13-17(14-12-15)16-8-4-3-5-9-16/h2,6,10-14,16H,3-5,7-9H2,1H3/b10-6-,18-2+. The molecule has 1 heteroatoms. The van der Waals surface area contributed by atoms with Crippen molar-refractivity contribution in [3.8, 4) is 0 Å². The molecule has 0 saturated heterocycles. The van der Waals surface area contributed by atoms with Crippen molar-refractivity contribution in [2.75, 3.05) is 0 Å². The van der Waals surface area contributed by atoms with Crippen LogP contribution in [-0.4, -0.2) is 0 Å². The number of rotatable bonds is 4. The third-order valence-corrected chi connectivity index (χ3v) is 3.96. The highest BCUT2D eigenvalue weighted by atomic mass is 19.1. The van der Waals surface area contributed by atoms with E-state index < -0.39 is 0 Å². The lowest BCUT2D eigenvalue weighted by molar-refractivity contribution is 0.443. The van der Waals surface area contributed by atoms with Crippen molar-refractivity contribution in [1.82, 2.24) is 0 Å².